The van der Waals surface area contributed by atoms with E-state index in [9.17, 15) is 28.0 Å². The Kier molecular flexibility index (Phi) is 6.92. The molecule has 5 nitrogen and oxygen atoms in total. The molecule has 184 valence electrons. The molecule has 0 fully saturated rings. The van der Waals surface area contributed by atoms with Crippen molar-refractivity contribution >= 4 is 29.1 Å². The third-order valence-corrected chi connectivity index (χ3v) is 6.77. The smallest absolute Gasteiger partial charge is 0.325 e. The van der Waals surface area contributed by atoms with Gasteiger partial charge in [-0.3, -0.25) is 9.59 Å². The normalized spacial score (nSPS) is 14.6. The van der Waals surface area contributed by atoms with Gasteiger partial charge >= 0.3 is 6.18 Å². The van der Waals surface area contributed by atoms with Gasteiger partial charge in [0.25, 0.3) is 0 Å². The fourth-order valence-electron chi connectivity index (χ4n) is 4.28. The van der Waals surface area contributed by atoms with Crippen LogP contribution < -0.4 is 5.32 Å². The van der Waals surface area contributed by atoms with Gasteiger partial charge in [0.05, 0.1) is 22.6 Å². The molecule has 0 saturated carbocycles. The summed E-state index contributed by atoms with van der Waals surface area (Å²) < 4.78 is 38.9. The van der Waals surface area contributed by atoms with E-state index in [1.165, 1.54) is 12.1 Å². The molecule has 0 radical (unpaired) electrons. The minimum Gasteiger partial charge on any atom is -0.325 e. The van der Waals surface area contributed by atoms with Crippen LogP contribution in [0.25, 0.3) is 11.1 Å². The molecule has 1 aromatic heterocycles. The molecule has 1 heterocycles. The predicted octanol–water partition coefficient (Wildman–Crippen LogP) is 6.52. The number of thioether (sulfide) groups is 1. The molecule has 2 aromatic carbocycles. The molecule has 0 spiro atoms. The minimum atomic E-state index is -4.52. The van der Waals surface area contributed by atoms with E-state index in [0.29, 0.717) is 40.3 Å². The molecule has 1 amide bonds. The molecule has 9 heteroatoms. The highest BCUT2D eigenvalue weighted by atomic mass is 32.2. The van der Waals surface area contributed by atoms with Crippen LogP contribution in [0, 0.1) is 16.7 Å². The van der Waals surface area contributed by atoms with E-state index in [-0.39, 0.29) is 28.2 Å². The summed E-state index contributed by atoms with van der Waals surface area (Å²) in [5, 5.41) is 12.8. The number of nitriles is 1. The number of carbonyl (C=O) groups is 2. The highest BCUT2D eigenvalue weighted by Gasteiger charge is 2.36. The third-order valence-electron chi connectivity index (χ3n) is 5.79. The Morgan fingerprint density at radius 1 is 1.11 bits per heavy atom. The van der Waals surface area contributed by atoms with Gasteiger partial charge in [0, 0.05) is 23.2 Å². The van der Waals surface area contributed by atoms with Crippen molar-refractivity contribution in [3.05, 3.63) is 77.0 Å². The highest BCUT2D eigenvalue weighted by molar-refractivity contribution is 8.00. The first-order chi connectivity index (χ1) is 17.0. The van der Waals surface area contributed by atoms with E-state index in [2.05, 4.69) is 16.4 Å². The van der Waals surface area contributed by atoms with Gasteiger partial charge in [-0.25, -0.2) is 4.98 Å². The predicted molar refractivity (Wildman–Crippen MR) is 132 cm³/mol. The number of carbonyl (C=O) groups excluding carboxylic acids is 2. The molecule has 36 heavy (non-hydrogen) atoms. The van der Waals surface area contributed by atoms with Crippen molar-refractivity contribution in [2.75, 3.05) is 11.1 Å². The van der Waals surface area contributed by atoms with Crippen LogP contribution in [-0.4, -0.2) is 22.4 Å². The monoisotopic (exact) mass is 509 g/mol. The van der Waals surface area contributed by atoms with Gasteiger partial charge in [0.2, 0.25) is 5.91 Å². The second-order valence-electron chi connectivity index (χ2n) is 9.32. The molecule has 0 saturated heterocycles. The van der Waals surface area contributed by atoms with Crippen LogP contribution in [0.15, 0.2) is 59.6 Å². The van der Waals surface area contributed by atoms with E-state index in [0.717, 1.165) is 23.9 Å². The maximum atomic E-state index is 13.1. The summed E-state index contributed by atoms with van der Waals surface area (Å²) in [4.78, 5) is 30.3. The standard InChI is InChI=1S/C27H22F3N3O2S/c1-26(2)12-20-24(21(34)13-26)23(16-7-4-3-5-8-16)19(14-31)25(33-20)36-15-22(35)32-18-10-6-9-17(11-18)27(28,29)30/h3-11H,12-13,15H2,1-2H3,(H,32,35). The number of benzene rings is 2. The molecule has 0 unspecified atom stereocenters. The number of halogens is 3. The topological polar surface area (TPSA) is 82.8 Å². The summed E-state index contributed by atoms with van der Waals surface area (Å²) in [6.45, 7) is 3.95. The van der Waals surface area contributed by atoms with Gasteiger partial charge in [0.1, 0.15) is 11.1 Å². The van der Waals surface area contributed by atoms with Crippen molar-refractivity contribution < 1.29 is 22.8 Å². The maximum absolute atomic E-state index is 13.1. The zero-order valence-electron chi connectivity index (χ0n) is 19.6. The van der Waals surface area contributed by atoms with E-state index in [1.807, 2.05) is 44.2 Å². The number of nitrogens with one attached hydrogen (secondary N) is 1. The van der Waals surface area contributed by atoms with E-state index in [4.69, 9.17) is 0 Å². The SMILES string of the molecule is CC1(C)CC(=O)c2c(nc(SCC(=O)Nc3cccc(C(F)(F)F)c3)c(C#N)c2-c2ccccc2)C1. The number of alkyl halides is 3. The molecule has 4 rings (SSSR count). The van der Waals surface area contributed by atoms with Gasteiger partial charge < -0.3 is 5.32 Å². The molecule has 1 N–H and O–H groups in total. The second kappa shape index (κ2) is 9.78. The summed E-state index contributed by atoms with van der Waals surface area (Å²) in [7, 11) is 0. The van der Waals surface area contributed by atoms with Crippen LogP contribution in [0.1, 0.15) is 47.4 Å². The lowest BCUT2D eigenvalue weighted by Crippen LogP contribution is -2.29. The van der Waals surface area contributed by atoms with Crippen LogP contribution >= 0.6 is 11.8 Å². The third kappa shape index (κ3) is 5.44. The Hall–Kier alpha value is -3.64. The van der Waals surface area contributed by atoms with Crippen LogP contribution in [0.5, 0.6) is 0 Å². The maximum Gasteiger partial charge on any atom is 0.416 e. The molecular formula is C27H22F3N3O2S. The number of Topliss-reactive ketones (excluding diaryl/α,β-unsaturated/α-hetero) is 1. The number of hydrogen-bond donors (Lipinski definition) is 1. The average molecular weight is 510 g/mol. The number of pyridine rings is 1. The van der Waals surface area contributed by atoms with Gasteiger partial charge in [-0.05, 0) is 35.6 Å². The van der Waals surface area contributed by atoms with E-state index < -0.39 is 17.6 Å². The van der Waals surface area contributed by atoms with Crippen molar-refractivity contribution in [1.29, 1.82) is 5.26 Å². The van der Waals surface area contributed by atoms with Crippen LogP contribution in [0.2, 0.25) is 0 Å². The fourth-order valence-corrected chi connectivity index (χ4v) is 5.09. The van der Waals surface area contributed by atoms with Crippen LogP contribution in [0.4, 0.5) is 18.9 Å². The minimum absolute atomic E-state index is 0.0200. The molecule has 0 atom stereocenters. The van der Waals surface area contributed by atoms with Crippen molar-refractivity contribution in [1.82, 2.24) is 4.98 Å². The first-order valence-corrected chi connectivity index (χ1v) is 12.1. The van der Waals surface area contributed by atoms with Crippen LogP contribution in [0.3, 0.4) is 0 Å². The zero-order valence-corrected chi connectivity index (χ0v) is 20.4. The number of anilines is 1. The number of rotatable bonds is 5. The zero-order chi connectivity index (χ0) is 26.1. The Morgan fingerprint density at radius 3 is 2.50 bits per heavy atom. The number of ketones is 1. The summed E-state index contributed by atoms with van der Waals surface area (Å²) in [5.74, 6) is -0.800. The summed E-state index contributed by atoms with van der Waals surface area (Å²) in [6, 6.07) is 15.6. The first kappa shape index (κ1) is 25.5. The summed E-state index contributed by atoms with van der Waals surface area (Å²) >= 11 is 1.01. The number of fused-ring (bicyclic) bond motifs is 1. The molecule has 3 aromatic rings. The lowest BCUT2D eigenvalue weighted by molar-refractivity contribution is -0.137. The lowest BCUT2D eigenvalue weighted by Gasteiger charge is -2.31. The largest absolute Gasteiger partial charge is 0.416 e. The molecule has 1 aliphatic rings. The van der Waals surface area contributed by atoms with Gasteiger partial charge in [-0.1, -0.05) is 62.0 Å². The molecular weight excluding hydrogens is 487 g/mol. The fraction of sp³-hybridized carbons (Fsp3) is 0.259. The van der Waals surface area contributed by atoms with E-state index in [1.54, 1.807) is 0 Å². The summed E-state index contributed by atoms with van der Waals surface area (Å²) in [6.07, 6.45) is -3.66. The number of nitrogens with zero attached hydrogens (tertiary/aromatic N) is 2. The van der Waals surface area contributed by atoms with Gasteiger partial charge in [-0.15, -0.1) is 0 Å². The van der Waals surface area contributed by atoms with Crippen molar-refractivity contribution in [3.63, 3.8) is 0 Å². The van der Waals surface area contributed by atoms with Gasteiger partial charge in [-0.2, -0.15) is 18.4 Å². The van der Waals surface area contributed by atoms with E-state index >= 15 is 0 Å². The van der Waals surface area contributed by atoms with Crippen molar-refractivity contribution in [2.24, 2.45) is 5.41 Å². The van der Waals surface area contributed by atoms with Crippen molar-refractivity contribution in [2.45, 2.75) is 37.9 Å². The van der Waals surface area contributed by atoms with Gasteiger partial charge in [0.15, 0.2) is 5.78 Å². The second-order valence-corrected chi connectivity index (χ2v) is 10.3. The summed E-state index contributed by atoms with van der Waals surface area (Å²) in [5.41, 5.74) is 1.28. The Labute approximate surface area is 210 Å². The molecule has 0 bridgehead atoms. The van der Waals surface area contributed by atoms with Crippen molar-refractivity contribution in [3.8, 4) is 17.2 Å². The Balaban J connectivity index is 1.67. The first-order valence-electron chi connectivity index (χ1n) is 11.1. The number of amides is 1. The van der Waals surface area contributed by atoms with Crippen LogP contribution in [-0.2, 0) is 17.4 Å². The molecule has 1 aliphatic carbocycles. The highest BCUT2D eigenvalue weighted by Crippen LogP contribution is 2.42. The average Bonchev–Trinajstić information content (AvgIpc) is 2.81. The Morgan fingerprint density at radius 2 is 1.83 bits per heavy atom. The number of hydrogen-bond acceptors (Lipinski definition) is 5. The quantitative estimate of drug-likeness (QED) is 0.396. The lowest BCUT2D eigenvalue weighted by atomic mass is 9.73. The number of aromatic nitrogens is 1. The Bertz CT molecular complexity index is 1380. The molecule has 0 aliphatic heterocycles.